The van der Waals surface area contributed by atoms with Crippen molar-refractivity contribution in [1.82, 2.24) is 10.2 Å². The zero-order valence-corrected chi connectivity index (χ0v) is 16.2. The standard InChI is InChI=1S/C20H28N2O5/c1-14-9-12-22(13-10-14)20(25)15(2)27-18(23)8-11-21-19(24)16-6-4-5-7-17(16)26-3/h4-7,14-15H,8-13H2,1-3H3,(H,21,24)/t15-/m0/s1. The average Bonchev–Trinajstić information content (AvgIpc) is 2.67. The number of methoxy groups -OCH3 is 1. The van der Waals surface area contributed by atoms with E-state index in [0.717, 1.165) is 12.8 Å². The van der Waals surface area contributed by atoms with Crippen LogP contribution in [0.5, 0.6) is 5.75 Å². The van der Waals surface area contributed by atoms with Crippen LogP contribution in [-0.4, -0.2) is 55.5 Å². The van der Waals surface area contributed by atoms with Gasteiger partial charge < -0.3 is 19.7 Å². The average molecular weight is 376 g/mol. The van der Waals surface area contributed by atoms with Crippen molar-refractivity contribution < 1.29 is 23.9 Å². The van der Waals surface area contributed by atoms with Gasteiger partial charge >= 0.3 is 5.97 Å². The smallest absolute Gasteiger partial charge is 0.308 e. The number of hydrogen-bond acceptors (Lipinski definition) is 5. The SMILES string of the molecule is COc1ccccc1C(=O)NCCC(=O)O[C@@H](C)C(=O)N1CCC(C)CC1. The highest BCUT2D eigenvalue weighted by molar-refractivity contribution is 5.97. The number of esters is 1. The molecule has 1 saturated heterocycles. The Kier molecular flexibility index (Phi) is 7.64. The molecule has 0 aliphatic carbocycles. The van der Waals surface area contributed by atoms with Crippen LogP contribution in [0.15, 0.2) is 24.3 Å². The number of para-hydroxylation sites is 1. The molecular formula is C20H28N2O5. The lowest BCUT2D eigenvalue weighted by atomic mass is 9.99. The lowest BCUT2D eigenvalue weighted by molar-refractivity contribution is -0.159. The summed E-state index contributed by atoms with van der Waals surface area (Å²) in [5.74, 6) is 0.0908. The topological polar surface area (TPSA) is 84.9 Å². The second kappa shape index (κ2) is 9.94. The van der Waals surface area contributed by atoms with Crippen LogP contribution in [0, 0.1) is 5.92 Å². The molecule has 1 aliphatic rings. The molecule has 7 heteroatoms. The largest absolute Gasteiger partial charge is 0.496 e. The first-order chi connectivity index (χ1) is 12.9. The Labute approximate surface area is 160 Å². The van der Waals surface area contributed by atoms with E-state index in [4.69, 9.17) is 9.47 Å². The fourth-order valence-corrected chi connectivity index (χ4v) is 3.00. The Hall–Kier alpha value is -2.57. The van der Waals surface area contributed by atoms with Crippen LogP contribution in [-0.2, 0) is 14.3 Å². The molecule has 1 N–H and O–H groups in total. The summed E-state index contributed by atoms with van der Waals surface area (Å²) >= 11 is 0. The number of piperidine rings is 1. The van der Waals surface area contributed by atoms with E-state index in [9.17, 15) is 14.4 Å². The Bertz CT molecular complexity index is 668. The molecule has 2 rings (SSSR count). The van der Waals surface area contributed by atoms with Crippen LogP contribution in [0.25, 0.3) is 0 Å². The minimum Gasteiger partial charge on any atom is -0.496 e. The van der Waals surface area contributed by atoms with E-state index in [1.165, 1.54) is 7.11 Å². The van der Waals surface area contributed by atoms with Crippen molar-refractivity contribution in [2.75, 3.05) is 26.7 Å². The molecule has 1 fully saturated rings. The van der Waals surface area contributed by atoms with Crippen LogP contribution in [0.2, 0.25) is 0 Å². The molecule has 1 heterocycles. The van der Waals surface area contributed by atoms with Crippen LogP contribution in [0.3, 0.4) is 0 Å². The molecular weight excluding hydrogens is 348 g/mol. The lowest BCUT2D eigenvalue weighted by Crippen LogP contribution is -2.44. The Morgan fingerprint density at radius 2 is 1.89 bits per heavy atom. The zero-order valence-electron chi connectivity index (χ0n) is 16.2. The van der Waals surface area contributed by atoms with Gasteiger partial charge in [0.2, 0.25) is 0 Å². The molecule has 1 aromatic rings. The third-order valence-corrected chi connectivity index (χ3v) is 4.72. The van der Waals surface area contributed by atoms with Crippen molar-refractivity contribution in [2.24, 2.45) is 5.92 Å². The molecule has 7 nitrogen and oxygen atoms in total. The molecule has 1 aromatic carbocycles. The van der Waals surface area contributed by atoms with Crippen LogP contribution < -0.4 is 10.1 Å². The van der Waals surface area contributed by atoms with Crippen LogP contribution in [0.1, 0.15) is 43.5 Å². The summed E-state index contributed by atoms with van der Waals surface area (Å²) in [6, 6.07) is 6.85. The number of benzene rings is 1. The van der Waals surface area contributed by atoms with Crippen molar-refractivity contribution in [3.8, 4) is 5.75 Å². The van der Waals surface area contributed by atoms with E-state index >= 15 is 0 Å². The first-order valence-corrected chi connectivity index (χ1v) is 9.31. The maximum Gasteiger partial charge on any atom is 0.308 e. The van der Waals surface area contributed by atoms with Gasteiger partial charge in [0, 0.05) is 19.6 Å². The molecule has 0 unspecified atom stereocenters. The highest BCUT2D eigenvalue weighted by atomic mass is 16.5. The number of ether oxygens (including phenoxy) is 2. The van der Waals surface area contributed by atoms with Gasteiger partial charge in [0.15, 0.2) is 6.10 Å². The predicted molar refractivity (Wildman–Crippen MR) is 100 cm³/mol. The van der Waals surface area contributed by atoms with Gasteiger partial charge in [-0.05, 0) is 37.8 Å². The van der Waals surface area contributed by atoms with Crippen molar-refractivity contribution in [1.29, 1.82) is 0 Å². The highest BCUT2D eigenvalue weighted by Gasteiger charge is 2.26. The van der Waals surface area contributed by atoms with Gasteiger partial charge in [0.05, 0.1) is 19.1 Å². The Morgan fingerprint density at radius 3 is 2.56 bits per heavy atom. The van der Waals surface area contributed by atoms with Gasteiger partial charge in [0.25, 0.3) is 11.8 Å². The molecule has 0 radical (unpaired) electrons. The summed E-state index contributed by atoms with van der Waals surface area (Å²) in [6.07, 6.45) is 1.13. The van der Waals surface area contributed by atoms with Crippen LogP contribution >= 0.6 is 0 Å². The molecule has 1 atom stereocenters. The number of nitrogens with zero attached hydrogens (tertiary/aromatic N) is 1. The van der Waals surface area contributed by atoms with Gasteiger partial charge in [0.1, 0.15) is 5.75 Å². The highest BCUT2D eigenvalue weighted by Crippen LogP contribution is 2.18. The summed E-state index contributed by atoms with van der Waals surface area (Å²) in [6.45, 7) is 5.29. The van der Waals surface area contributed by atoms with Crippen molar-refractivity contribution in [3.63, 3.8) is 0 Å². The van der Waals surface area contributed by atoms with Crippen LogP contribution in [0.4, 0.5) is 0 Å². The first kappa shape index (κ1) is 20.7. The minimum atomic E-state index is -0.809. The first-order valence-electron chi connectivity index (χ1n) is 9.31. The molecule has 0 spiro atoms. The van der Waals surface area contributed by atoms with Gasteiger partial charge in [-0.25, -0.2) is 0 Å². The van der Waals surface area contributed by atoms with Gasteiger partial charge in [-0.3, -0.25) is 14.4 Å². The maximum absolute atomic E-state index is 12.3. The number of likely N-dealkylation sites (tertiary alicyclic amines) is 1. The van der Waals surface area contributed by atoms with E-state index in [-0.39, 0.29) is 24.8 Å². The number of hydrogen-bond donors (Lipinski definition) is 1. The maximum atomic E-state index is 12.3. The quantitative estimate of drug-likeness (QED) is 0.736. The molecule has 0 saturated carbocycles. The van der Waals surface area contributed by atoms with E-state index < -0.39 is 12.1 Å². The van der Waals surface area contributed by atoms with Gasteiger partial charge in [-0.2, -0.15) is 0 Å². The number of carbonyl (C=O) groups excluding carboxylic acids is 3. The summed E-state index contributed by atoms with van der Waals surface area (Å²) < 4.78 is 10.4. The number of nitrogens with one attached hydrogen (secondary N) is 1. The predicted octanol–water partition coefficient (Wildman–Crippen LogP) is 2.01. The zero-order chi connectivity index (χ0) is 19.8. The normalized spacial score (nSPS) is 15.7. The number of carbonyl (C=O) groups is 3. The molecule has 1 aliphatic heterocycles. The van der Waals surface area contributed by atoms with Crippen molar-refractivity contribution >= 4 is 17.8 Å². The molecule has 0 bridgehead atoms. The Balaban J connectivity index is 1.74. The minimum absolute atomic E-state index is 0.00442. The Morgan fingerprint density at radius 1 is 1.22 bits per heavy atom. The summed E-state index contributed by atoms with van der Waals surface area (Å²) in [7, 11) is 1.49. The van der Waals surface area contributed by atoms with E-state index in [2.05, 4.69) is 12.2 Å². The lowest BCUT2D eigenvalue weighted by Gasteiger charge is -2.31. The molecule has 0 aromatic heterocycles. The fraction of sp³-hybridized carbons (Fsp3) is 0.550. The third kappa shape index (κ3) is 5.98. The molecule has 27 heavy (non-hydrogen) atoms. The van der Waals surface area contributed by atoms with E-state index in [0.29, 0.717) is 30.3 Å². The monoisotopic (exact) mass is 376 g/mol. The van der Waals surface area contributed by atoms with Gasteiger partial charge in [-0.1, -0.05) is 19.1 Å². The summed E-state index contributed by atoms with van der Waals surface area (Å²) in [5, 5.41) is 2.66. The fourth-order valence-electron chi connectivity index (χ4n) is 3.00. The molecule has 148 valence electrons. The number of rotatable bonds is 7. The van der Waals surface area contributed by atoms with E-state index in [1.54, 1.807) is 36.1 Å². The van der Waals surface area contributed by atoms with Crippen molar-refractivity contribution in [3.05, 3.63) is 29.8 Å². The second-order valence-electron chi connectivity index (χ2n) is 6.85. The van der Waals surface area contributed by atoms with Gasteiger partial charge in [-0.15, -0.1) is 0 Å². The summed E-state index contributed by atoms with van der Waals surface area (Å²) in [5.41, 5.74) is 0.399. The van der Waals surface area contributed by atoms with Crippen molar-refractivity contribution in [2.45, 2.75) is 39.2 Å². The summed E-state index contributed by atoms with van der Waals surface area (Å²) in [4.78, 5) is 38.2. The molecule has 2 amide bonds. The van der Waals surface area contributed by atoms with E-state index in [1.807, 2.05) is 0 Å². The third-order valence-electron chi connectivity index (χ3n) is 4.72. The second-order valence-corrected chi connectivity index (χ2v) is 6.85. The number of amides is 2.